The number of hydrogen-bond acceptors (Lipinski definition) is 5. The fourth-order valence-corrected chi connectivity index (χ4v) is 3.93. The second-order valence-corrected chi connectivity index (χ2v) is 7.75. The van der Waals surface area contributed by atoms with Crippen LogP contribution in [0.2, 0.25) is 0 Å². The van der Waals surface area contributed by atoms with Gasteiger partial charge in [0, 0.05) is 4.47 Å². The molecule has 0 radical (unpaired) electrons. The lowest BCUT2D eigenvalue weighted by molar-refractivity contribution is -0.118. The Morgan fingerprint density at radius 3 is 2.83 bits per heavy atom. The molecule has 0 saturated heterocycles. The van der Waals surface area contributed by atoms with Gasteiger partial charge < -0.3 is 0 Å². The fourth-order valence-electron chi connectivity index (χ4n) is 1.80. The van der Waals surface area contributed by atoms with E-state index >= 15 is 0 Å². The van der Waals surface area contributed by atoms with Crippen LogP contribution in [0.5, 0.6) is 0 Å². The Kier molecular flexibility index (Phi) is 5.43. The maximum atomic E-state index is 11.8. The highest BCUT2D eigenvalue weighted by Gasteiger charge is 2.06. The summed E-state index contributed by atoms with van der Waals surface area (Å²) in [6.45, 7) is 0. The van der Waals surface area contributed by atoms with Gasteiger partial charge in [-0.25, -0.2) is 10.4 Å². The van der Waals surface area contributed by atoms with Gasteiger partial charge in [0.25, 0.3) is 5.91 Å². The zero-order chi connectivity index (χ0) is 16.1. The third kappa shape index (κ3) is 4.63. The van der Waals surface area contributed by atoms with Crippen molar-refractivity contribution in [1.29, 1.82) is 0 Å². The molecule has 2 aromatic carbocycles. The van der Waals surface area contributed by atoms with Crippen molar-refractivity contribution < 1.29 is 4.79 Å². The monoisotopic (exact) mass is 405 g/mol. The molecule has 7 heteroatoms. The topological polar surface area (TPSA) is 54.4 Å². The van der Waals surface area contributed by atoms with Crippen molar-refractivity contribution in [2.24, 2.45) is 5.10 Å². The minimum Gasteiger partial charge on any atom is -0.272 e. The van der Waals surface area contributed by atoms with Crippen molar-refractivity contribution in [1.82, 2.24) is 10.4 Å². The molecule has 3 aromatic rings. The number of fused-ring (bicyclic) bond motifs is 1. The zero-order valence-electron chi connectivity index (χ0n) is 11.9. The van der Waals surface area contributed by atoms with E-state index in [0.29, 0.717) is 0 Å². The molecule has 0 atom stereocenters. The molecule has 23 heavy (non-hydrogen) atoms. The Morgan fingerprint density at radius 2 is 2.04 bits per heavy atom. The third-order valence-corrected chi connectivity index (χ3v) is 5.58. The van der Waals surface area contributed by atoms with E-state index in [9.17, 15) is 4.79 Å². The summed E-state index contributed by atoms with van der Waals surface area (Å²) in [5.41, 5.74) is 4.41. The van der Waals surface area contributed by atoms with Crippen LogP contribution in [0.1, 0.15) is 5.56 Å². The number of amides is 1. The van der Waals surface area contributed by atoms with Crippen molar-refractivity contribution >= 4 is 61.4 Å². The second-order valence-electron chi connectivity index (χ2n) is 4.58. The van der Waals surface area contributed by atoms with Gasteiger partial charge in [0.1, 0.15) is 0 Å². The average molecular weight is 406 g/mol. The van der Waals surface area contributed by atoms with Gasteiger partial charge in [0.05, 0.1) is 22.2 Å². The maximum absolute atomic E-state index is 11.8. The number of carbonyl (C=O) groups is 1. The molecule has 116 valence electrons. The molecule has 0 aliphatic rings. The predicted octanol–water partition coefficient (Wildman–Crippen LogP) is 4.30. The molecule has 3 rings (SSSR count). The van der Waals surface area contributed by atoms with Crippen LogP contribution >= 0.6 is 39.0 Å². The van der Waals surface area contributed by atoms with Crippen LogP contribution in [0.15, 0.2) is 62.4 Å². The molecule has 4 nitrogen and oxygen atoms in total. The molecule has 0 unspecified atom stereocenters. The average Bonchev–Trinajstić information content (AvgIpc) is 2.98. The van der Waals surface area contributed by atoms with Crippen LogP contribution < -0.4 is 5.43 Å². The van der Waals surface area contributed by atoms with Gasteiger partial charge in [-0.05, 0) is 29.8 Å². The number of nitrogens with zero attached hydrogens (tertiary/aromatic N) is 2. The zero-order valence-corrected chi connectivity index (χ0v) is 15.1. The van der Waals surface area contributed by atoms with Crippen LogP contribution in [0.25, 0.3) is 10.2 Å². The molecule has 0 saturated carbocycles. The van der Waals surface area contributed by atoms with Gasteiger partial charge >= 0.3 is 0 Å². The number of aromatic nitrogens is 1. The number of benzene rings is 2. The lowest BCUT2D eigenvalue weighted by Crippen LogP contribution is -2.19. The minimum absolute atomic E-state index is 0.150. The fraction of sp³-hybridized carbons (Fsp3) is 0.0625. The Hall–Kier alpha value is -1.70. The van der Waals surface area contributed by atoms with Crippen molar-refractivity contribution in [3.05, 3.63) is 58.6 Å². The second kappa shape index (κ2) is 7.72. The number of nitrogens with one attached hydrogen (secondary N) is 1. The molecule has 1 amide bonds. The number of hydrogen-bond donors (Lipinski definition) is 1. The number of rotatable bonds is 5. The van der Waals surface area contributed by atoms with Gasteiger partial charge in [-0.1, -0.05) is 52.0 Å². The normalized spacial score (nSPS) is 11.2. The Balaban J connectivity index is 1.50. The van der Waals surface area contributed by atoms with Gasteiger partial charge in [-0.3, -0.25) is 4.79 Å². The lowest BCUT2D eigenvalue weighted by atomic mass is 10.2. The van der Waals surface area contributed by atoms with Crippen molar-refractivity contribution in [2.45, 2.75) is 4.34 Å². The summed E-state index contributed by atoms with van der Waals surface area (Å²) in [6.07, 6.45) is 1.62. The van der Waals surface area contributed by atoms with Crippen LogP contribution in [0, 0.1) is 0 Å². The molecule has 0 fully saturated rings. The number of halogens is 1. The van der Waals surface area contributed by atoms with Crippen molar-refractivity contribution in [3.8, 4) is 0 Å². The first kappa shape index (κ1) is 16.2. The molecular formula is C16H12BrN3OS2. The van der Waals surface area contributed by atoms with E-state index in [-0.39, 0.29) is 11.7 Å². The molecule has 1 aromatic heterocycles. The van der Waals surface area contributed by atoms with Gasteiger partial charge in [0.2, 0.25) is 0 Å². The smallest absolute Gasteiger partial charge is 0.250 e. The highest BCUT2D eigenvalue weighted by molar-refractivity contribution is 9.10. The van der Waals surface area contributed by atoms with Gasteiger partial charge in [0.15, 0.2) is 4.34 Å². The molecular weight excluding hydrogens is 394 g/mol. The summed E-state index contributed by atoms with van der Waals surface area (Å²) in [4.78, 5) is 16.3. The van der Waals surface area contributed by atoms with Crippen molar-refractivity contribution in [3.63, 3.8) is 0 Å². The number of carbonyl (C=O) groups excluding carboxylic acids is 1. The Bertz CT molecular complexity index is 813. The van der Waals surface area contributed by atoms with E-state index in [1.165, 1.54) is 11.8 Å². The number of para-hydroxylation sites is 1. The molecule has 0 aliphatic carbocycles. The molecule has 1 N–H and O–H groups in total. The van der Waals surface area contributed by atoms with Crippen molar-refractivity contribution in [2.75, 3.05) is 5.75 Å². The SMILES string of the molecule is O=C(CSc1nc2ccccc2s1)NN=Cc1ccc(Br)cc1. The standard InChI is InChI=1S/C16H12BrN3OS2/c17-12-7-5-11(6-8-12)9-18-20-15(21)10-22-16-19-13-3-1-2-4-14(13)23-16/h1-9H,10H2,(H,20,21). The van der Waals surface area contributed by atoms with Gasteiger partial charge in [-0.15, -0.1) is 11.3 Å². The van der Waals surface area contributed by atoms with Crippen LogP contribution in [-0.2, 0) is 4.79 Å². The quantitative estimate of drug-likeness (QED) is 0.391. The first-order valence-electron chi connectivity index (χ1n) is 6.76. The number of thiazole rings is 1. The summed E-state index contributed by atoms with van der Waals surface area (Å²) in [7, 11) is 0. The summed E-state index contributed by atoms with van der Waals surface area (Å²) >= 11 is 6.38. The summed E-state index contributed by atoms with van der Waals surface area (Å²) in [5, 5.41) is 3.96. The van der Waals surface area contributed by atoms with E-state index < -0.39 is 0 Å². The van der Waals surface area contributed by atoms with Crippen LogP contribution in [-0.4, -0.2) is 22.9 Å². The summed E-state index contributed by atoms with van der Waals surface area (Å²) < 4.78 is 3.02. The number of hydrazone groups is 1. The first-order valence-corrected chi connectivity index (χ1v) is 9.36. The minimum atomic E-state index is -0.150. The predicted molar refractivity (Wildman–Crippen MR) is 100 cm³/mol. The molecule has 1 heterocycles. The lowest BCUT2D eigenvalue weighted by Gasteiger charge is -1.98. The number of thioether (sulfide) groups is 1. The highest BCUT2D eigenvalue weighted by atomic mass is 79.9. The summed E-state index contributed by atoms with van der Waals surface area (Å²) in [5.74, 6) is 0.139. The van der Waals surface area contributed by atoms with Crippen LogP contribution in [0.4, 0.5) is 0 Å². The van der Waals surface area contributed by atoms with E-state index in [1.807, 2.05) is 48.5 Å². The third-order valence-electron chi connectivity index (χ3n) is 2.87. The van der Waals surface area contributed by atoms with E-state index in [1.54, 1.807) is 17.6 Å². The van der Waals surface area contributed by atoms with E-state index in [4.69, 9.17) is 0 Å². The first-order chi connectivity index (χ1) is 11.2. The van der Waals surface area contributed by atoms with Crippen LogP contribution in [0.3, 0.4) is 0 Å². The highest BCUT2D eigenvalue weighted by Crippen LogP contribution is 2.28. The maximum Gasteiger partial charge on any atom is 0.250 e. The largest absolute Gasteiger partial charge is 0.272 e. The summed E-state index contributed by atoms with van der Waals surface area (Å²) in [6, 6.07) is 15.6. The molecule has 0 aliphatic heterocycles. The Labute approximate surface area is 150 Å². The van der Waals surface area contributed by atoms with E-state index in [2.05, 4.69) is 31.4 Å². The van der Waals surface area contributed by atoms with Gasteiger partial charge in [-0.2, -0.15) is 5.10 Å². The Morgan fingerprint density at radius 1 is 1.26 bits per heavy atom. The molecule has 0 spiro atoms. The molecule has 0 bridgehead atoms. The van der Waals surface area contributed by atoms with E-state index in [0.717, 1.165) is 24.6 Å².